The number of aryl methyl sites for hydroxylation is 1. The van der Waals surface area contributed by atoms with Crippen LogP contribution in [-0.2, 0) is 6.42 Å². The van der Waals surface area contributed by atoms with Crippen molar-refractivity contribution in [3.63, 3.8) is 0 Å². The molecule has 0 unspecified atom stereocenters. The molecule has 2 N–H and O–H groups in total. The summed E-state index contributed by atoms with van der Waals surface area (Å²) in [6.45, 7) is 0.821. The van der Waals surface area contributed by atoms with Gasteiger partial charge >= 0.3 is 0 Å². The molecule has 0 atom stereocenters. The van der Waals surface area contributed by atoms with Crippen molar-refractivity contribution < 1.29 is 0 Å². The minimum absolute atomic E-state index is 0.821. The summed E-state index contributed by atoms with van der Waals surface area (Å²) in [6.07, 6.45) is 10.8. The van der Waals surface area contributed by atoms with E-state index in [4.69, 9.17) is 5.73 Å². The SMILES string of the molecule is NCCCCCCCc1ncccn1. The van der Waals surface area contributed by atoms with Gasteiger partial charge < -0.3 is 5.73 Å². The van der Waals surface area contributed by atoms with E-state index >= 15 is 0 Å². The van der Waals surface area contributed by atoms with Crippen molar-refractivity contribution in [2.75, 3.05) is 6.54 Å². The van der Waals surface area contributed by atoms with E-state index in [2.05, 4.69) is 9.97 Å². The van der Waals surface area contributed by atoms with E-state index in [1.807, 2.05) is 6.07 Å². The van der Waals surface area contributed by atoms with E-state index in [0.717, 1.165) is 25.2 Å². The van der Waals surface area contributed by atoms with Gasteiger partial charge in [0.05, 0.1) is 0 Å². The van der Waals surface area contributed by atoms with E-state index in [-0.39, 0.29) is 0 Å². The highest BCUT2D eigenvalue weighted by Gasteiger charge is 1.94. The van der Waals surface area contributed by atoms with Crippen molar-refractivity contribution in [1.29, 1.82) is 0 Å². The molecular weight excluding hydrogens is 174 g/mol. The van der Waals surface area contributed by atoms with Crippen molar-refractivity contribution in [2.24, 2.45) is 5.73 Å². The minimum Gasteiger partial charge on any atom is -0.330 e. The highest BCUT2D eigenvalue weighted by Crippen LogP contribution is 2.05. The fourth-order valence-electron chi connectivity index (χ4n) is 1.42. The maximum Gasteiger partial charge on any atom is 0.128 e. The summed E-state index contributed by atoms with van der Waals surface area (Å²) in [4.78, 5) is 8.36. The molecule has 0 fully saturated rings. The molecule has 0 aliphatic rings. The van der Waals surface area contributed by atoms with Crippen LogP contribution in [0.5, 0.6) is 0 Å². The van der Waals surface area contributed by atoms with Crippen molar-refractivity contribution in [2.45, 2.75) is 38.5 Å². The number of aromatic nitrogens is 2. The Balaban J connectivity index is 1.99. The van der Waals surface area contributed by atoms with Crippen LogP contribution in [-0.4, -0.2) is 16.5 Å². The van der Waals surface area contributed by atoms with Crippen LogP contribution in [0.25, 0.3) is 0 Å². The summed E-state index contributed by atoms with van der Waals surface area (Å²) in [5, 5.41) is 0. The first-order chi connectivity index (χ1) is 6.93. The van der Waals surface area contributed by atoms with Gasteiger partial charge in [-0.1, -0.05) is 19.3 Å². The molecule has 0 amide bonds. The molecule has 1 aromatic heterocycles. The monoisotopic (exact) mass is 193 g/mol. The molecule has 0 radical (unpaired) electrons. The highest BCUT2D eigenvalue weighted by atomic mass is 14.8. The Kier molecular flexibility index (Phi) is 5.91. The van der Waals surface area contributed by atoms with Crippen LogP contribution in [0.15, 0.2) is 18.5 Å². The van der Waals surface area contributed by atoms with E-state index < -0.39 is 0 Å². The van der Waals surface area contributed by atoms with Crippen LogP contribution in [0, 0.1) is 0 Å². The van der Waals surface area contributed by atoms with Crippen LogP contribution in [0.4, 0.5) is 0 Å². The molecule has 0 saturated heterocycles. The Bertz CT molecular complexity index is 223. The lowest BCUT2D eigenvalue weighted by atomic mass is 10.1. The van der Waals surface area contributed by atoms with Gasteiger partial charge in [0, 0.05) is 18.8 Å². The van der Waals surface area contributed by atoms with Gasteiger partial charge in [-0.3, -0.25) is 0 Å². The van der Waals surface area contributed by atoms with E-state index in [0.29, 0.717) is 0 Å². The lowest BCUT2D eigenvalue weighted by Gasteiger charge is -1.99. The number of hydrogen-bond acceptors (Lipinski definition) is 3. The standard InChI is InChI=1S/C11H19N3/c12-8-5-3-1-2-4-7-11-13-9-6-10-14-11/h6,9-10H,1-5,7-8,12H2. The van der Waals surface area contributed by atoms with E-state index in [9.17, 15) is 0 Å². The Morgan fingerprint density at radius 1 is 0.929 bits per heavy atom. The molecular formula is C11H19N3. The number of nitrogens with zero attached hydrogens (tertiary/aromatic N) is 2. The van der Waals surface area contributed by atoms with Gasteiger partial charge in [-0.15, -0.1) is 0 Å². The third kappa shape index (κ3) is 4.92. The van der Waals surface area contributed by atoms with E-state index in [1.54, 1.807) is 12.4 Å². The van der Waals surface area contributed by atoms with Gasteiger partial charge in [-0.2, -0.15) is 0 Å². The zero-order chi connectivity index (χ0) is 10.1. The predicted octanol–water partition coefficient (Wildman–Crippen LogP) is 1.93. The number of hydrogen-bond donors (Lipinski definition) is 1. The van der Waals surface area contributed by atoms with Gasteiger partial charge in [-0.05, 0) is 25.5 Å². The summed E-state index contributed by atoms with van der Waals surface area (Å²) >= 11 is 0. The molecule has 3 heteroatoms. The Hall–Kier alpha value is -0.960. The Morgan fingerprint density at radius 2 is 1.57 bits per heavy atom. The average molecular weight is 193 g/mol. The van der Waals surface area contributed by atoms with Crippen molar-refractivity contribution in [1.82, 2.24) is 9.97 Å². The van der Waals surface area contributed by atoms with Crippen LogP contribution >= 0.6 is 0 Å². The molecule has 3 nitrogen and oxygen atoms in total. The lowest BCUT2D eigenvalue weighted by molar-refractivity contribution is 0.610. The third-order valence-corrected chi connectivity index (χ3v) is 2.22. The predicted molar refractivity (Wildman–Crippen MR) is 57.9 cm³/mol. The highest BCUT2D eigenvalue weighted by molar-refractivity contribution is 4.88. The molecule has 0 aliphatic carbocycles. The normalized spacial score (nSPS) is 10.4. The molecule has 0 aliphatic heterocycles. The summed E-state index contributed by atoms with van der Waals surface area (Å²) < 4.78 is 0. The van der Waals surface area contributed by atoms with Crippen LogP contribution in [0.2, 0.25) is 0 Å². The summed E-state index contributed by atoms with van der Waals surface area (Å²) in [5.41, 5.74) is 5.41. The summed E-state index contributed by atoms with van der Waals surface area (Å²) in [6, 6.07) is 1.85. The first-order valence-corrected chi connectivity index (χ1v) is 5.39. The molecule has 0 bridgehead atoms. The maximum atomic E-state index is 5.41. The first kappa shape index (κ1) is 11.1. The first-order valence-electron chi connectivity index (χ1n) is 5.39. The Labute approximate surface area is 85.8 Å². The average Bonchev–Trinajstić information content (AvgIpc) is 2.25. The molecule has 78 valence electrons. The fourth-order valence-corrected chi connectivity index (χ4v) is 1.42. The Morgan fingerprint density at radius 3 is 2.29 bits per heavy atom. The van der Waals surface area contributed by atoms with Crippen LogP contribution in [0.1, 0.15) is 37.9 Å². The number of unbranched alkanes of at least 4 members (excludes halogenated alkanes) is 4. The van der Waals surface area contributed by atoms with Gasteiger partial charge in [0.2, 0.25) is 0 Å². The molecule has 1 heterocycles. The van der Waals surface area contributed by atoms with Gasteiger partial charge in [0.1, 0.15) is 5.82 Å². The lowest BCUT2D eigenvalue weighted by Crippen LogP contribution is -1.98. The van der Waals surface area contributed by atoms with Gasteiger partial charge in [0.25, 0.3) is 0 Å². The number of nitrogens with two attached hydrogens (primary N) is 1. The largest absolute Gasteiger partial charge is 0.330 e. The molecule has 0 aromatic carbocycles. The molecule has 0 saturated carbocycles. The second-order valence-corrected chi connectivity index (χ2v) is 3.47. The van der Waals surface area contributed by atoms with Gasteiger partial charge in [-0.25, -0.2) is 9.97 Å². The summed E-state index contributed by atoms with van der Waals surface area (Å²) in [5.74, 6) is 0.964. The molecule has 0 spiro atoms. The second-order valence-electron chi connectivity index (χ2n) is 3.47. The minimum atomic E-state index is 0.821. The molecule has 1 aromatic rings. The quantitative estimate of drug-likeness (QED) is 0.673. The molecule has 1 rings (SSSR count). The zero-order valence-corrected chi connectivity index (χ0v) is 8.65. The summed E-state index contributed by atoms with van der Waals surface area (Å²) in [7, 11) is 0. The van der Waals surface area contributed by atoms with Crippen molar-refractivity contribution in [3.05, 3.63) is 24.3 Å². The topological polar surface area (TPSA) is 51.8 Å². The third-order valence-electron chi connectivity index (χ3n) is 2.22. The van der Waals surface area contributed by atoms with Crippen molar-refractivity contribution in [3.8, 4) is 0 Å². The molecule has 14 heavy (non-hydrogen) atoms. The van der Waals surface area contributed by atoms with E-state index in [1.165, 1.54) is 25.7 Å². The van der Waals surface area contributed by atoms with Crippen LogP contribution < -0.4 is 5.73 Å². The fraction of sp³-hybridized carbons (Fsp3) is 0.636. The smallest absolute Gasteiger partial charge is 0.128 e. The second kappa shape index (κ2) is 7.44. The number of rotatable bonds is 7. The van der Waals surface area contributed by atoms with Crippen molar-refractivity contribution >= 4 is 0 Å². The zero-order valence-electron chi connectivity index (χ0n) is 8.65. The maximum absolute atomic E-state index is 5.41. The van der Waals surface area contributed by atoms with Crippen LogP contribution in [0.3, 0.4) is 0 Å². The van der Waals surface area contributed by atoms with Gasteiger partial charge in [0.15, 0.2) is 0 Å².